The van der Waals surface area contributed by atoms with E-state index in [4.69, 9.17) is 5.26 Å². The average molecular weight is 222 g/mol. The molecule has 0 bridgehead atoms. The smallest absolute Gasteiger partial charge is 0.0625 e. The topological polar surface area (TPSA) is 27.0 Å². The first kappa shape index (κ1) is 13.5. The average Bonchev–Trinajstić information content (AvgIpc) is 2.19. The standard InChI is InChI=1S/C14H26N2/c1-12(2)7-10-16-11-13(6-9-15)5-8-14(16,3)4/h12-13H,5-8,10-11H2,1-4H3. The third-order valence-corrected chi connectivity index (χ3v) is 3.86. The molecule has 1 fully saturated rings. The van der Waals surface area contributed by atoms with E-state index in [2.05, 4.69) is 38.7 Å². The van der Waals surface area contributed by atoms with Crippen molar-refractivity contribution < 1.29 is 0 Å². The summed E-state index contributed by atoms with van der Waals surface area (Å²) in [5.74, 6) is 1.37. The van der Waals surface area contributed by atoms with Gasteiger partial charge in [-0.15, -0.1) is 0 Å². The molecule has 0 spiro atoms. The minimum absolute atomic E-state index is 0.334. The van der Waals surface area contributed by atoms with Crippen LogP contribution in [0.3, 0.4) is 0 Å². The monoisotopic (exact) mass is 222 g/mol. The normalized spacial score (nSPS) is 25.6. The molecular weight excluding hydrogens is 196 g/mol. The van der Waals surface area contributed by atoms with Crippen LogP contribution in [0.5, 0.6) is 0 Å². The van der Waals surface area contributed by atoms with Gasteiger partial charge in [-0.1, -0.05) is 13.8 Å². The molecule has 0 N–H and O–H groups in total. The molecule has 1 aliphatic heterocycles. The van der Waals surface area contributed by atoms with Crippen LogP contribution in [0.2, 0.25) is 0 Å². The van der Waals surface area contributed by atoms with Crippen LogP contribution in [0.15, 0.2) is 0 Å². The third kappa shape index (κ3) is 3.79. The molecule has 2 heteroatoms. The van der Waals surface area contributed by atoms with Crippen LogP contribution in [0, 0.1) is 23.2 Å². The second kappa shape index (κ2) is 5.68. The Bertz CT molecular complexity index is 250. The molecule has 2 nitrogen and oxygen atoms in total. The highest BCUT2D eigenvalue weighted by Gasteiger charge is 2.33. The molecule has 1 heterocycles. The van der Waals surface area contributed by atoms with Crippen LogP contribution in [0.1, 0.15) is 53.4 Å². The Kier molecular flexibility index (Phi) is 4.80. The van der Waals surface area contributed by atoms with E-state index in [0.29, 0.717) is 11.5 Å². The minimum Gasteiger partial charge on any atom is -0.298 e. The van der Waals surface area contributed by atoms with Gasteiger partial charge in [-0.2, -0.15) is 5.26 Å². The second-order valence-electron chi connectivity index (χ2n) is 6.21. The first-order chi connectivity index (χ1) is 7.45. The van der Waals surface area contributed by atoms with E-state index in [1.165, 1.54) is 25.8 Å². The van der Waals surface area contributed by atoms with Crippen molar-refractivity contribution in [3.8, 4) is 6.07 Å². The molecule has 0 amide bonds. The van der Waals surface area contributed by atoms with Gasteiger partial charge in [-0.25, -0.2) is 0 Å². The van der Waals surface area contributed by atoms with Gasteiger partial charge in [0.05, 0.1) is 6.07 Å². The zero-order chi connectivity index (χ0) is 12.2. The van der Waals surface area contributed by atoms with Gasteiger partial charge in [0, 0.05) is 18.5 Å². The number of nitriles is 1. The van der Waals surface area contributed by atoms with E-state index < -0.39 is 0 Å². The molecule has 92 valence electrons. The van der Waals surface area contributed by atoms with Crippen molar-refractivity contribution in [1.82, 2.24) is 4.90 Å². The summed E-state index contributed by atoms with van der Waals surface area (Å²) in [7, 11) is 0. The number of likely N-dealkylation sites (tertiary alicyclic amines) is 1. The molecule has 0 saturated carbocycles. The van der Waals surface area contributed by atoms with Crippen molar-refractivity contribution >= 4 is 0 Å². The highest BCUT2D eigenvalue weighted by atomic mass is 15.2. The summed E-state index contributed by atoms with van der Waals surface area (Å²) in [5, 5.41) is 8.78. The van der Waals surface area contributed by atoms with Crippen molar-refractivity contribution in [1.29, 1.82) is 5.26 Å². The van der Waals surface area contributed by atoms with E-state index >= 15 is 0 Å². The Morgan fingerprint density at radius 2 is 2.12 bits per heavy atom. The second-order valence-corrected chi connectivity index (χ2v) is 6.21. The van der Waals surface area contributed by atoms with E-state index in [1.54, 1.807) is 0 Å². The van der Waals surface area contributed by atoms with Crippen LogP contribution >= 0.6 is 0 Å². The van der Waals surface area contributed by atoms with Crippen molar-refractivity contribution in [2.75, 3.05) is 13.1 Å². The maximum atomic E-state index is 8.78. The summed E-state index contributed by atoms with van der Waals surface area (Å²) >= 11 is 0. The molecule has 1 rings (SSSR count). The molecule has 1 atom stereocenters. The SMILES string of the molecule is CC(C)CCN1CC(CC#N)CCC1(C)C. The Morgan fingerprint density at radius 1 is 1.44 bits per heavy atom. The molecule has 1 unspecified atom stereocenters. The number of hydrogen-bond acceptors (Lipinski definition) is 2. The lowest BCUT2D eigenvalue weighted by molar-refractivity contribution is 0.0426. The summed E-state index contributed by atoms with van der Waals surface area (Å²) in [6, 6.07) is 2.32. The highest BCUT2D eigenvalue weighted by Crippen LogP contribution is 2.32. The largest absolute Gasteiger partial charge is 0.298 e. The van der Waals surface area contributed by atoms with Gasteiger partial charge < -0.3 is 0 Å². The number of hydrogen-bond donors (Lipinski definition) is 0. The zero-order valence-corrected chi connectivity index (χ0v) is 11.3. The third-order valence-electron chi connectivity index (χ3n) is 3.86. The van der Waals surface area contributed by atoms with Gasteiger partial charge in [-0.05, 0) is 51.5 Å². The van der Waals surface area contributed by atoms with Crippen molar-refractivity contribution in [2.45, 2.75) is 58.9 Å². The van der Waals surface area contributed by atoms with E-state index in [1.807, 2.05) is 0 Å². The first-order valence-corrected chi connectivity index (χ1v) is 6.57. The Labute approximate surface area is 101 Å². The fourth-order valence-corrected chi connectivity index (χ4v) is 2.47. The van der Waals surface area contributed by atoms with Crippen LogP contribution in [0.25, 0.3) is 0 Å². The summed E-state index contributed by atoms with van der Waals surface area (Å²) in [4.78, 5) is 2.60. The van der Waals surface area contributed by atoms with Crippen molar-refractivity contribution in [3.63, 3.8) is 0 Å². The van der Waals surface area contributed by atoms with E-state index in [-0.39, 0.29) is 0 Å². The fraction of sp³-hybridized carbons (Fsp3) is 0.929. The molecule has 1 aliphatic rings. The van der Waals surface area contributed by atoms with Crippen molar-refractivity contribution in [3.05, 3.63) is 0 Å². The Balaban J connectivity index is 2.51. The van der Waals surface area contributed by atoms with Crippen molar-refractivity contribution in [2.24, 2.45) is 11.8 Å². The molecule has 0 aliphatic carbocycles. The molecule has 0 aromatic rings. The predicted octanol–water partition coefficient (Wildman–Crippen LogP) is 3.44. The Hall–Kier alpha value is -0.550. The quantitative estimate of drug-likeness (QED) is 0.728. The van der Waals surface area contributed by atoms with E-state index in [0.717, 1.165) is 18.9 Å². The predicted molar refractivity (Wildman–Crippen MR) is 68.1 cm³/mol. The fourth-order valence-electron chi connectivity index (χ4n) is 2.47. The first-order valence-electron chi connectivity index (χ1n) is 6.57. The van der Waals surface area contributed by atoms with E-state index in [9.17, 15) is 0 Å². The zero-order valence-electron chi connectivity index (χ0n) is 11.3. The summed E-state index contributed by atoms with van der Waals surface area (Å²) < 4.78 is 0. The Morgan fingerprint density at radius 3 is 2.69 bits per heavy atom. The van der Waals surface area contributed by atoms with Gasteiger partial charge in [0.1, 0.15) is 0 Å². The highest BCUT2D eigenvalue weighted by molar-refractivity contribution is 4.91. The maximum absolute atomic E-state index is 8.78. The van der Waals surface area contributed by atoms with Gasteiger partial charge >= 0.3 is 0 Å². The summed E-state index contributed by atoms with van der Waals surface area (Å²) in [5.41, 5.74) is 0.334. The lowest BCUT2D eigenvalue weighted by atomic mass is 9.83. The summed E-state index contributed by atoms with van der Waals surface area (Å²) in [6.45, 7) is 11.6. The molecule has 0 aromatic carbocycles. The number of rotatable bonds is 4. The van der Waals surface area contributed by atoms with Crippen LogP contribution in [-0.4, -0.2) is 23.5 Å². The lowest BCUT2D eigenvalue weighted by Crippen LogP contribution is -2.50. The van der Waals surface area contributed by atoms with Crippen LogP contribution in [-0.2, 0) is 0 Å². The molecule has 16 heavy (non-hydrogen) atoms. The van der Waals surface area contributed by atoms with Gasteiger partial charge in [0.15, 0.2) is 0 Å². The van der Waals surface area contributed by atoms with Crippen LogP contribution < -0.4 is 0 Å². The maximum Gasteiger partial charge on any atom is 0.0625 e. The number of piperidine rings is 1. The summed E-state index contributed by atoms with van der Waals surface area (Å²) in [6.07, 6.45) is 4.45. The van der Waals surface area contributed by atoms with Gasteiger partial charge in [-0.3, -0.25) is 4.90 Å². The molecule has 0 radical (unpaired) electrons. The molecule has 0 aromatic heterocycles. The molecular formula is C14H26N2. The number of nitrogens with zero attached hydrogens (tertiary/aromatic N) is 2. The van der Waals surface area contributed by atoms with Crippen LogP contribution in [0.4, 0.5) is 0 Å². The minimum atomic E-state index is 0.334. The lowest BCUT2D eigenvalue weighted by Gasteiger charge is -2.45. The van der Waals surface area contributed by atoms with Gasteiger partial charge in [0.2, 0.25) is 0 Å². The van der Waals surface area contributed by atoms with Gasteiger partial charge in [0.25, 0.3) is 0 Å². The molecule has 1 saturated heterocycles.